The Kier molecular flexibility index (Phi) is 5.99. The van der Waals surface area contributed by atoms with Crippen LogP contribution in [0, 0.1) is 5.41 Å². The maximum atomic E-state index is 2.45. The molecule has 0 aliphatic carbocycles. The normalized spacial score (nSPS) is 12.0. The number of rotatable bonds is 4. The van der Waals surface area contributed by atoms with Gasteiger partial charge in [0.1, 0.15) is 0 Å². The van der Waals surface area contributed by atoms with E-state index in [0.29, 0.717) is 5.41 Å². The van der Waals surface area contributed by atoms with Crippen molar-refractivity contribution in [3.8, 4) is 0 Å². The SMILES string of the molecule is CC(C)(CCI)CCI. The summed E-state index contributed by atoms with van der Waals surface area (Å²) in [6.45, 7) is 4.70. The first-order valence-electron chi connectivity index (χ1n) is 3.24. The fraction of sp³-hybridized carbons (Fsp3) is 1.00. The monoisotopic (exact) mass is 352 g/mol. The van der Waals surface area contributed by atoms with E-state index in [4.69, 9.17) is 0 Å². The molecule has 0 spiro atoms. The molecule has 0 N–H and O–H groups in total. The summed E-state index contributed by atoms with van der Waals surface area (Å²) in [6.07, 6.45) is 2.72. The van der Waals surface area contributed by atoms with Gasteiger partial charge in [-0.3, -0.25) is 0 Å². The van der Waals surface area contributed by atoms with Crippen molar-refractivity contribution in [3.63, 3.8) is 0 Å². The molecular formula is C7H14I2. The Labute approximate surface area is 85.5 Å². The predicted molar refractivity (Wildman–Crippen MR) is 60.8 cm³/mol. The highest BCUT2D eigenvalue weighted by molar-refractivity contribution is 14.1. The van der Waals surface area contributed by atoms with Gasteiger partial charge in [0, 0.05) is 8.86 Å². The minimum atomic E-state index is 0.586. The molecule has 2 heteroatoms. The molecule has 0 fully saturated rings. The van der Waals surface area contributed by atoms with E-state index in [9.17, 15) is 0 Å². The van der Waals surface area contributed by atoms with Crippen LogP contribution in [0.4, 0.5) is 0 Å². The molecule has 0 aromatic carbocycles. The average Bonchev–Trinajstić information content (AvgIpc) is 1.64. The molecule has 0 saturated carbocycles. The Hall–Kier alpha value is 1.46. The van der Waals surface area contributed by atoms with E-state index < -0.39 is 0 Å². The highest BCUT2D eigenvalue weighted by Crippen LogP contribution is 2.26. The molecule has 0 rings (SSSR count). The van der Waals surface area contributed by atoms with Crippen LogP contribution in [0.25, 0.3) is 0 Å². The van der Waals surface area contributed by atoms with Crippen molar-refractivity contribution in [2.75, 3.05) is 8.86 Å². The minimum Gasteiger partial charge on any atom is -0.0864 e. The Morgan fingerprint density at radius 3 is 1.56 bits per heavy atom. The Bertz CT molecular complexity index is 61.3. The molecule has 9 heavy (non-hydrogen) atoms. The molecule has 0 aromatic rings. The third kappa shape index (κ3) is 5.88. The summed E-state index contributed by atoms with van der Waals surface area (Å²) in [6, 6.07) is 0. The van der Waals surface area contributed by atoms with Crippen molar-refractivity contribution in [1.29, 1.82) is 0 Å². The lowest BCUT2D eigenvalue weighted by Crippen LogP contribution is -2.11. The van der Waals surface area contributed by atoms with Crippen molar-refractivity contribution in [2.24, 2.45) is 5.41 Å². The average molecular weight is 352 g/mol. The molecule has 0 aliphatic rings. The van der Waals surface area contributed by atoms with Gasteiger partial charge in [0.25, 0.3) is 0 Å². The van der Waals surface area contributed by atoms with Crippen molar-refractivity contribution in [1.82, 2.24) is 0 Å². The molecule has 0 aliphatic heterocycles. The van der Waals surface area contributed by atoms with Gasteiger partial charge in [-0.2, -0.15) is 0 Å². The first kappa shape index (κ1) is 10.5. The van der Waals surface area contributed by atoms with Crippen LogP contribution in [0.2, 0.25) is 0 Å². The molecule has 0 atom stereocenters. The molecule has 0 heterocycles. The summed E-state index contributed by atoms with van der Waals surface area (Å²) in [5.41, 5.74) is 0.586. The molecule has 0 radical (unpaired) electrons. The highest BCUT2D eigenvalue weighted by Gasteiger charge is 2.14. The van der Waals surface area contributed by atoms with Crippen LogP contribution in [0.3, 0.4) is 0 Å². The molecule has 0 amide bonds. The van der Waals surface area contributed by atoms with Gasteiger partial charge in [-0.05, 0) is 18.3 Å². The molecule has 0 unspecified atom stereocenters. The minimum absolute atomic E-state index is 0.586. The van der Waals surface area contributed by atoms with Crippen molar-refractivity contribution in [2.45, 2.75) is 26.7 Å². The molecule has 0 bridgehead atoms. The van der Waals surface area contributed by atoms with Crippen LogP contribution >= 0.6 is 45.2 Å². The van der Waals surface area contributed by atoms with Gasteiger partial charge in [-0.1, -0.05) is 59.0 Å². The summed E-state index contributed by atoms with van der Waals surface area (Å²) in [7, 11) is 0. The van der Waals surface area contributed by atoms with Gasteiger partial charge in [0.05, 0.1) is 0 Å². The van der Waals surface area contributed by atoms with Gasteiger partial charge in [0.2, 0.25) is 0 Å². The lowest BCUT2D eigenvalue weighted by molar-refractivity contribution is 0.349. The zero-order chi connectivity index (χ0) is 7.33. The first-order chi connectivity index (χ1) is 4.12. The lowest BCUT2D eigenvalue weighted by atomic mass is 9.88. The Morgan fingerprint density at radius 1 is 1.00 bits per heavy atom. The summed E-state index contributed by atoms with van der Waals surface area (Å²) < 4.78 is 2.59. The third-order valence-corrected chi connectivity index (χ3v) is 2.62. The highest BCUT2D eigenvalue weighted by atomic mass is 127. The quantitative estimate of drug-likeness (QED) is 0.535. The summed E-state index contributed by atoms with van der Waals surface area (Å²) in [5, 5.41) is 0. The fourth-order valence-electron chi connectivity index (χ4n) is 0.637. The fourth-order valence-corrected chi connectivity index (χ4v) is 3.56. The molecule has 0 nitrogen and oxygen atoms in total. The number of halogens is 2. The van der Waals surface area contributed by atoms with E-state index in [1.54, 1.807) is 0 Å². The van der Waals surface area contributed by atoms with Gasteiger partial charge in [-0.25, -0.2) is 0 Å². The van der Waals surface area contributed by atoms with Gasteiger partial charge < -0.3 is 0 Å². The molecule has 56 valence electrons. The van der Waals surface area contributed by atoms with E-state index in [-0.39, 0.29) is 0 Å². The van der Waals surface area contributed by atoms with Crippen LogP contribution in [0.5, 0.6) is 0 Å². The van der Waals surface area contributed by atoms with Crippen molar-refractivity contribution < 1.29 is 0 Å². The number of hydrogen-bond donors (Lipinski definition) is 0. The van der Waals surface area contributed by atoms with Crippen LogP contribution < -0.4 is 0 Å². The maximum absolute atomic E-state index is 2.45. The van der Waals surface area contributed by atoms with Crippen LogP contribution in [-0.4, -0.2) is 8.86 Å². The van der Waals surface area contributed by atoms with E-state index in [0.717, 1.165) is 0 Å². The van der Waals surface area contributed by atoms with E-state index >= 15 is 0 Å². The van der Waals surface area contributed by atoms with E-state index in [1.165, 1.54) is 21.7 Å². The summed E-state index contributed by atoms with van der Waals surface area (Å²) in [5.74, 6) is 0. The predicted octanol–water partition coefficient (Wildman–Crippen LogP) is 3.66. The molecular weight excluding hydrogens is 338 g/mol. The lowest BCUT2D eigenvalue weighted by Gasteiger charge is -2.21. The Morgan fingerprint density at radius 2 is 1.33 bits per heavy atom. The van der Waals surface area contributed by atoms with Gasteiger partial charge in [0.15, 0.2) is 0 Å². The van der Waals surface area contributed by atoms with Crippen LogP contribution in [-0.2, 0) is 0 Å². The van der Waals surface area contributed by atoms with Crippen molar-refractivity contribution >= 4 is 45.2 Å². The van der Waals surface area contributed by atoms with E-state index in [1.807, 2.05) is 0 Å². The molecule has 0 saturated heterocycles. The van der Waals surface area contributed by atoms with Gasteiger partial charge in [-0.15, -0.1) is 0 Å². The van der Waals surface area contributed by atoms with Crippen molar-refractivity contribution in [3.05, 3.63) is 0 Å². The van der Waals surface area contributed by atoms with Gasteiger partial charge >= 0.3 is 0 Å². The smallest absolute Gasteiger partial charge is 0.0000356 e. The molecule has 0 aromatic heterocycles. The standard InChI is InChI=1S/C7H14I2/c1-7(2,3-5-8)4-6-9/h3-6H2,1-2H3. The second-order valence-corrected chi connectivity index (χ2v) is 5.20. The zero-order valence-corrected chi connectivity index (χ0v) is 10.4. The maximum Gasteiger partial charge on any atom is 0.0000356 e. The van der Waals surface area contributed by atoms with E-state index in [2.05, 4.69) is 59.0 Å². The summed E-state index contributed by atoms with van der Waals surface area (Å²) >= 11 is 4.90. The third-order valence-electron chi connectivity index (χ3n) is 1.54. The van der Waals surface area contributed by atoms with Crippen LogP contribution in [0.1, 0.15) is 26.7 Å². The van der Waals surface area contributed by atoms with Crippen LogP contribution in [0.15, 0.2) is 0 Å². The topological polar surface area (TPSA) is 0 Å². The second kappa shape index (κ2) is 5.16. The Balaban J connectivity index is 3.43. The second-order valence-electron chi connectivity index (χ2n) is 3.04. The summed E-state index contributed by atoms with van der Waals surface area (Å²) in [4.78, 5) is 0. The zero-order valence-electron chi connectivity index (χ0n) is 6.08. The number of alkyl halides is 2. The number of hydrogen-bond acceptors (Lipinski definition) is 0. The largest absolute Gasteiger partial charge is 0.0864 e. The first-order valence-corrected chi connectivity index (χ1v) is 6.29.